The number of hydrogen-bond acceptors (Lipinski definition) is 4. The van der Waals surface area contributed by atoms with Crippen LogP contribution in [0.25, 0.3) is 0 Å². The molecular weight excluding hydrogens is 192 g/mol. The number of nitrogens with one attached hydrogen (secondary N) is 2. The molecule has 0 aliphatic carbocycles. The topological polar surface area (TPSA) is 65.8 Å². The summed E-state index contributed by atoms with van der Waals surface area (Å²) in [6.07, 6.45) is 0. The number of para-hydroxylation sites is 2. The maximum Gasteiger partial charge on any atom is 0.267 e. The lowest BCUT2D eigenvalue weighted by molar-refractivity contribution is -0.119. The number of carbonyl (C=O) groups excluding carboxylic acids is 1. The number of amides is 1. The highest BCUT2D eigenvalue weighted by Gasteiger charge is 2.33. The van der Waals surface area contributed by atoms with E-state index in [1.165, 1.54) is 0 Å². The Hall–Kier alpha value is -1.59. The molecule has 1 saturated heterocycles. The van der Waals surface area contributed by atoms with E-state index in [-0.39, 0.29) is 18.0 Å². The summed E-state index contributed by atoms with van der Waals surface area (Å²) in [5.74, 6) is -0.154. The molecule has 1 aromatic carbocycles. The van der Waals surface area contributed by atoms with E-state index in [1.54, 1.807) is 0 Å². The third-order valence-electron chi connectivity index (χ3n) is 2.64. The van der Waals surface area contributed by atoms with Crippen LogP contribution in [0.3, 0.4) is 0 Å². The van der Waals surface area contributed by atoms with Gasteiger partial charge in [-0.15, -0.1) is 0 Å². The van der Waals surface area contributed by atoms with Gasteiger partial charge in [-0.05, 0) is 12.1 Å². The lowest BCUT2D eigenvalue weighted by atomic mass is 10.1. The van der Waals surface area contributed by atoms with E-state index in [1.807, 2.05) is 24.3 Å². The Kier molecular flexibility index (Phi) is 1.87. The Morgan fingerprint density at radius 2 is 2.07 bits per heavy atom. The second kappa shape index (κ2) is 3.22. The highest BCUT2D eigenvalue weighted by Crippen LogP contribution is 2.05. The number of carbonyl (C=O) groups is 1. The number of benzene rings is 1. The summed E-state index contributed by atoms with van der Waals surface area (Å²) in [5, 5.41) is 1.46. The molecule has 3 rings (SSSR count). The average Bonchev–Trinajstić information content (AvgIpc) is 2.64. The first-order chi connectivity index (χ1) is 7.34. The van der Waals surface area contributed by atoms with Gasteiger partial charge in [-0.25, -0.2) is 10.4 Å². The van der Waals surface area contributed by atoms with Gasteiger partial charge in [0.05, 0.1) is 16.8 Å². The predicted octanol–water partition coefficient (Wildman–Crippen LogP) is -1.69. The fourth-order valence-electron chi connectivity index (χ4n) is 1.87. The van der Waals surface area contributed by atoms with Crippen LogP contribution in [0, 0.1) is 0 Å². The lowest BCUT2D eigenvalue weighted by Gasteiger charge is -2.07. The summed E-state index contributed by atoms with van der Waals surface area (Å²) in [6, 6.07) is 7.08. The maximum absolute atomic E-state index is 11.7. The summed E-state index contributed by atoms with van der Waals surface area (Å²) in [7, 11) is 0. The second-order valence-corrected chi connectivity index (χ2v) is 3.64. The second-order valence-electron chi connectivity index (χ2n) is 3.64. The van der Waals surface area contributed by atoms with Crippen LogP contribution in [-0.4, -0.2) is 24.5 Å². The zero-order valence-corrected chi connectivity index (χ0v) is 7.97. The molecule has 2 unspecified atom stereocenters. The first-order valence-corrected chi connectivity index (χ1v) is 4.88. The molecule has 15 heavy (non-hydrogen) atoms. The van der Waals surface area contributed by atoms with Crippen LogP contribution in [0.4, 0.5) is 0 Å². The van der Waals surface area contributed by atoms with Crippen molar-refractivity contribution in [3.05, 3.63) is 35.0 Å². The molecule has 2 aliphatic heterocycles. The highest BCUT2D eigenvalue weighted by molar-refractivity contribution is 5.84. The zero-order chi connectivity index (χ0) is 10.3. The Balaban J connectivity index is 2.26. The standard InChI is InChI=1S/C10H10N4O/c15-10-9-8(5-11-14-9)12-6-3-1-2-4-7(6)13-10/h1-4,8-9,11,14H,5H2. The van der Waals surface area contributed by atoms with Crippen molar-refractivity contribution < 1.29 is 4.79 Å². The number of rotatable bonds is 0. The number of hydrogen-bond donors (Lipinski definition) is 2. The minimum absolute atomic E-state index is 0.0510. The third-order valence-corrected chi connectivity index (χ3v) is 2.64. The van der Waals surface area contributed by atoms with Crippen molar-refractivity contribution in [1.29, 1.82) is 0 Å². The van der Waals surface area contributed by atoms with Crippen molar-refractivity contribution in [2.45, 2.75) is 12.1 Å². The molecule has 76 valence electrons. The van der Waals surface area contributed by atoms with Gasteiger partial charge in [-0.3, -0.25) is 15.2 Å². The summed E-state index contributed by atoms with van der Waals surface area (Å²) in [5.41, 5.74) is 5.82. The molecule has 0 spiro atoms. The molecule has 5 heteroatoms. The Morgan fingerprint density at radius 1 is 1.27 bits per heavy atom. The average molecular weight is 202 g/mol. The minimum Gasteiger partial charge on any atom is -0.276 e. The predicted molar refractivity (Wildman–Crippen MR) is 52.5 cm³/mol. The molecule has 2 heterocycles. The number of hydrazine groups is 1. The molecular formula is C10H10N4O. The Labute approximate surface area is 85.9 Å². The largest absolute Gasteiger partial charge is 0.276 e. The molecule has 1 fully saturated rings. The van der Waals surface area contributed by atoms with Crippen LogP contribution in [0.2, 0.25) is 0 Å². The van der Waals surface area contributed by atoms with Gasteiger partial charge in [0.2, 0.25) is 0 Å². The van der Waals surface area contributed by atoms with Crippen molar-refractivity contribution in [2.24, 2.45) is 9.98 Å². The van der Waals surface area contributed by atoms with Gasteiger partial charge in [0.15, 0.2) is 0 Å². The van der Waals surface area contributed by atoms with Gasteiger partial charge in [-0.2, -0.15) is 0 Å². The van der Waals surface area contributed by atoms with E-state index in [2.05, 4.69) is 20.8 Å². The minimum atomic E-state index is -0.322. The van der Waals surface area contributed by atoms with Crippen molar-refractivity contribution in [3.63, 3.8) is 0 Å². The van der Waals surface area contributed by atoms with E-state index in [4.69, 9.17) is 0 Å². The monoisotopic (exact) mass is 202 g/mol. The summed E-state index contributed by atoms with van der Waals surface area (Å²) < 4.78 is 0. The van der Waals surface area contributed by atoms with Crippen LogP contribution in [-0.2, 0) is 4.79 Å². The van der Waals surface area contributed by atoms with Crippen molar-refractivity contribution >= 4 is 5.91 Å². The van der Waals surface area contributed by atoms with Gasteiger partial charge >= 0.3 is 0 Å². The van der Waals surface area contributed by atoms with E-state index in [0.29, 0.717) is 11.9 Å². The van der Waals surface area contributed by atoms with Gasteiger partial charge in [0.25, 0.3) is 5.91 Å². The maximum atomic E-state index is 11.7. The van der Waals surface area contributed by atoms with Crippen LogP contribution in [0.1, 0.15) is 0 Å². The third kappa shape index (κ3) is 1.36. The molecule has 2 N–H and O–H groups in total. The highest BCUT2D eigenvalue weighted by atomic mass is 16.2. The molecule has 1 amide bonds. The van der Waals surface area contributed by atoms with Gasteiger partial charge < -0.3 is 0 Å². The summed E-state index contributed by atoms with van der Waals surface area (Å²) >= 11 is 0. The number of nitrogens with zero attached hydrogens (tertiary/aromatic N) is 2. The molecule has 0 saturated carbocycles. The molecule has 5 nitrogen and oxygen atoms in total. The van der Waals surface area contributed by atoms with Crippen LogP contribution >= 0.6 is 0 Å². The molecule has 2 atom stereocenters. The first-order valence-electron chi connectivity index (χ1n) is 4.88. The fraction of sp³-hybridized carbons (Fsp3) is 0.300. The van der Waals surface area contributed by atoms with E-state index in [9.17, 15) is 4.79 Å². The van der Waals surface area contributed by atoms with E-state index >= 15 is 0 Å². The van der Waals surface area contributed by atoms with Crippen molar-refractivity contribution in [3.8, 4) is 0 Å². The van der Waals surface area contributed by atoms with E-state index < -0.39 is 0 Å². The van der Waals surface area contributed by atoms with Crippen LogP contribution < -0.4 is 21.6 Å². The van der Waals surface area contributed by atoms with Crippen molar-refractivity contribution in [1.82, 2.24) is 10.9 Å². The number of fused-ring (bicyclic) bond motifs is 2. The fourth-order valence-corrected chi connectivity index (χ4v) is 1.87. The molecule has 1 aromatic rings. The lowest BCUT2D eigenvalue weighted by Crippen LogP contribution is -2.39. The summed E-state index contributed by atoms with van der Waals surface area (Å²) in [4.78, 5) is 20.3. The molecule has 2 aliphatic rings. The smallest absolute Gasteiger partial charge is 0.267 e. The summed E-state index contributed by atoms with van der Waals surface area (Å²) in [6.45, 7) is 0.667. The van der Waals surface area contributed by atoms with Crippen molar-refractivity contribution in [2.75, 3.05) is 6.54 Å². The van der Waals surface area contributed by atoms with Crippen LogP contribution in [0.5, 0.6) is 0 Å². The first kappa shape index (κ1) is 8.70. The van der Waals surface area contributed by atoms with Gasteiger partial charge in [-0.1, -0.05) is 12.1 Å². The molecule has 0 bridgehead atoms. The Bertz CT molecular complexity index is 524. The molecule has 0 aromatic heterocycles. The Morgan fingerprint density at radius 3 is 2.93 bits per heavy atom. The van der Waals surface area contributed by atoms with Crippen LogP contribution in [0.15, 0.2) is 34.3 Å². The van der Waals surface area contributed by atoms with E-state index in [0.717, 1.165) is 5.36 Å². The van der Waals surface area contributed by atoms with Gasteiger partial charge in [0.1, 0.15) is 6.04 Å². The quantitative estimate of drug-likeness (QED) is 0.527. The normalized spacial score (nSPS) is 28.4. The molecule has 0 radical (unpaired) electrons. The zero-order valence-electron chi connectivity index (χ0n) is 7.97. The SMILES string of the molecule is O=C1N=c2ccccc2=NC2CNNC12. The van der Waals surface area contributed by atoms with Gasteiger partial charge in [0, 0.05) is 6.54 Å².